The Morgan fingerprint density at radius 1 is 0.943 bits per heavy atom. The molecule has 2 aromatic heterocycles. The summed E-state index contributed by atoms with van der Waals surface area (Å²) in [6, 6.07) is 25.0. The van der Waals surface area contributed by atoms with E-state index in [1.807, 2.05) is 37.4 Å². The molecule has 2 atom stereocenters. The Bertz CT molecular complexity index is 1350. The van der Waals surface area contributed by atoms with Gasteiger partial charge in [-0.3, -0.25) is 4.98 Å². The summed E-state index contributed by atoms with van der Waals surface area (Å²) >= 11 is 5.90. The number of pyridine rings is 1. The van der Waals surface area contributed by atoms with Gasteiger partial charge in [-0.1, -0.05) is 18.2 Å². The lowest BCUT2D eigenvalue weighted by Gasteiger charge is -2.28. The van der Waals surface area contributed by atoms with Crippen LogP contribution in [0.25, 0.3) is 5.69 Å². The molecule has 1 aliphatic rings. The quantitative estimate of drug-likeness (QED) is 0.323. The van der Waals surface area contributed by atoms with Crippen molar-refractivity contribution < 1.29 is 4.74 Å². The van der Waals surface area contributed by atoms with Crippen molar-refractivity contribution >= 4 is 23.0 Å². The Morgan fingerprint density at radius 3 is 2.43 bits per heavy atom. The standard InChI is InChI=1S/C29H30N4OS/c1-5-34-24-14-12-22(13-15-24)33-28(27(31-29(33)35)26-11-6-7-16-30-26)25-18-20(3)32(21(25)4)23-10-8-9-19(2)17-23/h6-18,27-28H,5H2,1-4H3,(H,31,35)/t27-,28+/m0/s1. The summed E-state index contributed by atoms with van der Waals surface area (Å²) < 4.78 is 8.00. The largest absolute Gasteiger partial charge is 0.494 e. The maximum atomic E-state index is 5.90. The zero-order valence-corrected chi connectivity index (χ0v) is 21.3. The Kier molecular flexibility index (Phi) is 6.31. The first-order valence-corrected chi connectivity index (χ1v) is 12.4. The fourth-order valence-electron chi connectivity index (χ4n) is 5.07. The van der Waals surface area contributed by atoms with Crippen LogP contribution in [0.15, 0.2) is 79.0 Å². The van der Waals surface area contributed by atoms with Crippen LogP contribution < -0.4 is 15.0 Å². The molecule has 0 unspecified atom stereocenters. The highest BCUT2D eigenvalue weighted by Gasteiger charge is 2.42. The molecular formula is C29H30N4OS. The van der Waals surface area contributed by atoms with Gasteiger partial charge in [-0.05, 0) is 106 Å². The molecule has 3 heterocycles. The van der Waals surface area contributed by atoms with Crippen LogP contribution in [0.3, 0.4) is 0 Å². The third-order valence-corrected chi connectivity index (χ3v) is 6.89. The van der Waals surface area contributed by atoms with Gasteiger partial charge < -0.3 is 19.5 Å². The molecule has 5 rings (SSSR count). The van der Waals surface area contributed by atoms with E-state index in [1.165, 1.54) is 28.2 Å². The molecule has 1 fully saturated rings. The molecule has 0 bridgehead atoms. The number of nitrogens with one attached hydrogen (secondary N) is 1. The van der Waals surface area contributed by atoms with Crippen LogP contribution in [-0.4, -0.2) is 21.3 Å². The van der Waals surface area contributed by atoms with E-state index in [2.05, 4.69) is 84.1 Å². The van der Waals surface area contributed by atoms with Crippen LogP contribution in [0.4, 0.5) is 5.69 Å². The molecule has 178 valence electrons. The summed E-state index contributed by atoms with van der Waals surface area (Å²) in [6.07, 6.45) is 1.84. The number of aryl methyl sites for hydroxylation is 2. The van der Waals surface area contributed by atoms with E-state index in [9.17, 15) is 0 Å². The summed E-state index contributed by atoms with van der Waals surface area (Å²) in [4.78, 5) is 6.91. The van der Waals surface area contributed by atoms with Crippen molar-refractivity contribution in [2.45, 2.75) is 39.8 Å². The second-order valence-electron chi connectivity index (χ2n) is 8.92. The number of benzene rings is 2. The number of nitrogens with zero attached hydrogens (tertiary/aromatic N) is 3. The van der Waals surface area contributed by atoms with Crippen molar-refractivity contribution in [1.29, 1.82) is 0 Å². The number of thiocarbonyl (C=S) groups is 1. The second-order valence-corrected chi connectivity index (χ2v) is 9.31. The molecule has 0 amide bonds. The Balaban J connectivity index is 1.64. The first kappa shape index (κ1) is 23.1. The molecular weight excluding hydrogens is 452 g/mol. The molecule has 0 aliphatic carbocycles. The normalized spacial score (nSPS) is 17.5. The minimum absolute atomic E-state index is 0.0555. The summed E-state index contributed by atoms with van der Waals surface area (Å²) in [5, 5.41) is 4.26. The number of rotatable bonds is 6. The number of hydrogen-bond donors (Lipinski definition) is 1. The number of aromatic nitrogens is 2. The highest BCUT2D eigenvalue weighted by Crippen LogP contribution is 2.44. The molecule has 35 heavy (non-hydrogen) atoms. The van der Waals surface area contributed by atoms with Crippen molar-refractivity contribution in [2.75, 3.05) is 11.5 Å². The Labute approximate surface area is 212 Å². The summed E-state index contributed by atoms with van der Waals surface area (Å²) in [5.41, 5.74) is 8.00. The lowest BCUT2D eigenvalue weighted by Crippen LogP contribution is -2.29. The zero-order chi connectivity index (χ0) is 24.5. The van der Waals surface area contributed by atoms with E-state index in [0.29, 0.717) is 11.7 Å². The molecule has 1 N–H and O–H groups in total. The third kappa shape index (κ3) is 4.30. The zero-order valence-electron chi connectivity index (χ0n) is 20.5. The SMILES string of the molecule is CCOc1ccc(N2C(=S)N[C@@H](c3ccccn3)[C@H]2c2cc(C)n(-c3cccc(C)c3)c2C)cc1. The molecule has 1 saturated heterocycles. The second kappa shape index (κ2) is 9.55. The summed E-state index contributed by atoms with van der Waals surface area (Å²) in [5.74, 6) is 0.852. The highest BCUT2D eigenvalue weighted by molar-refractivity contribution is 7.80. The fourth-order valence-corrected chi connectivity index (χ4v) is 5.42. The van der Waals surface area contributed by atoms with Crippen LogP contribution in [0, 0.1) is 20.8 Å². The van der Waals surface area contributed by atoms with Gasteiger partial charge in [0.2, 0.25) is 0 Å². The lowest BCUT2D eigenvalue weighted by molar-refractivity contribution is 0.340. The van der Waals surface area contributed by atoms with Crippen molar-refractivity contribution in [3.8, 4) is 11.4 Å². The van der Waals surface area contributed by atoms with E-state index in [0.717, 1.165) is 17.1 Å². The van der Waals surface area contributed by atoms with Gasteiger partial charge in [0.1, 0.15) is 5.75 Å². The van der Waals surface area contributed by atoms with Crippen LogP contribution in [0.2, 0.25) is 0 Å². The maximum absolute atomic E-state index is 5.90. The van der Waals surface area contributed by atoms with E-state index in [1.54, 1.807) is 0 Å². The first-order valence-electron chi connectivity index (χ1n) is 12.0. The fraction of sp³-hybridized carbons (Fsp3) is 0.241. The lowest BCUT2D eigenvalue weighted by atomic mass is 9.96. The van der Waals surface area contributed by atoms with E-state index >= 15 is 0 Å². The van der Waals surface area contributed by atoms with E-state index in [-0.39, 0.29) is 12.1 Å². The van der Waals surface area contributed by atoms with Gasteiger partial charge in [-0.15, -0.1) is 0 Å². The predicted octanol–water partition coefficient (Wildman–Crippen LogP) is 6.37. The average Bonchev–Trinajstić information content (AvgIpc) is 3.35. The van der Waals surface area contributed by atoms with E-state index < -0.39 is 0 Å². The predicted molar refractivity (Wildman–Crippen MR) is 146 cm³/mol. The van der Waals surface area contributed by atoms with Crippen molar-refractivity contribution in [3.05, 3.63) is 107 Å². The number of ether oxygens (including phenoxy) is 1. The molecule has 0 spiro atoms. The summed E-state index contributed by atoms with van der Waals surface area (Å²) in [6.45, 7) is 9.11. The molecule has 1 aliphatic heterocycles. The third-order valence-electron chi connectivity index (χ3n) is 6.57. The van der Waals surface area contributed by atoms with Crippen molar-refractivity contribution in [1.82, 2.24) is 14.9 Å². The summed E-state index contributed by atoms with van der Waals surface area (Å²) in [7, 11) is 0. The molecule has 6 heteroatoms. The van der Waals surface area contributed by atoms with Crippen molar-refractivity contribution in [3.63, 3.8) is 0 Å². The van der Waals surface area contributed by atoms with Gasteiger partial charge in [-0.2, -0.15) is 0 Å². The van der Waals surface area contributed by atoms with Gasteiger partial charge in [0.05, 0.1) is 24.4 Å². The molecule has 0 radical (unpaired) electrons. The molecule has 0 saturated carbocycles. The van der Waals surface area contributed by atoms with Gasteiger partial charge in [0.15, 0.2) is 5.11 Å². The first-order chi connectivity index (χ1) is 17.0. The van der Waals surface area contributed by atoms with Crippen molar-refractivity contribution in [2.24, 2.45) is 0 Å². The Morgan fingerprint density at radius 2 is 1.74 bits per heavy atom. The topological polar surface area (TPSA) is 42.3 Å². The minimum atomic E-state index is -0.0817. The van der Waals surface area contributed by atoms with Gasteiger partial charge >= 0.3 is 0 Å². The Hall–Kier alpha value is -3.64. The smallest absolute Gasteiger partial charge is 0.174 e. The van der Waals surface area contributed by atoms with Crippen LogP contribution >= 0.6 is 12.2 Å². The van der Waals surface area contributed by atoms with Crippen LogP contribution in [0.5, 0.6) is 5.75 Å². The van der Waals surface area contributed by atoms with Gasteiger partial charge in [-0.25, -0.2) is 0 Å². The van der Waals surface area contributed by atoms with Crippen LogP contribution in [-0.2, 0) is 0 Å². The van der Waals surface area contributed by atoms with Gasteiger partial charge in [0, 0.05) is 29.0 Å². The van der Waals surface area contributed by atoms with Crippen LogP contribution in [0.1, 0.15) is 47.2 Å². The number of hydrogen-bond acceptors (Lipinski definition) is 3. The minimum Gasteiger partial charge on any atom is -0.494 e. The average molecular weight is 483 g/mol. The van der Waals surface area contributed by atoms with E-state index in [4.69, 9.17) is 21.9 Å². The highest BCUT2D eigenvalue weighted by atomic mass is 32.1. The monoisotopic (exact) mass is 482 g/mol. The maximum Gasteiger partial charge on any atom is 0.174 e. The van der Waals surface area contributed by atoms with Gasteiger partial charge in [0.25, 0.3) is 0 Å². The molecule has 2 aromatic carbocycles. The number of anilines is 1. The molecule has 4 aromatic rings. The molecule has 5 nitrogen and oxygen atoms in total.